The van der Waals surface area contributed by atoms with Gasteiger partial charge in [0, 0.05) is 22.5 Å². The lowest BCUT2D eigenvalue weighted by Crippen LogP contribution is -2.25. The monoisotopic (exact) mass is 428 g/mol. The highest BCUT2D eigenvalue weighted by atomic mass is 16.5. The van der Waals surface area contributed by atoms with E-state index in [1.54, 1.807) is 4.90 Å². The van der Waals surface area contributed by atoms with Crippen LogP contribution in [0.3, 0.4) is 0 Å². The van der Waals surface area contributed by atoms with Crippen LogP contribution in [0.4, 0.5) is 5.69 Å². The van der Waals surface area contributed by atoms with E-state index < -0.39 is 0 Å². The number of nitrogens with zero attached hydrogens (tertiary/aromatic N) is 6. The first-order valence-electron chi connectivity index (χ1n) is 10.5. The van der Waals surface area contributed by atoms with E-state index in [-0.39, 0.29) is 5.91 Å². The quantitative estimate of drug-likeness (QED) is 0.484. The number of hydrogen-bond donors (Lipinski definition) is 0. The van der Waals surface area contributed by atoms with Gasteiger partial charge < -0.3 is 4.52 Å². The van der Waals surface area contributed by atoms with E-state index in [9.17, 15) is 4.79 Å². The molecule has 0 spiro atoms. The molecule has 1 fully saturated rings. The van der Waals surface area contributed by atoms with Crippen molar-refractivity contribution in [2.45, 2.75) is 20.4 Å². The number of likely N-dealkylation sites (N-methyl/N-ethyl adjacent to an activating group) is 1. The van der Waals surface area contributed by atoms with Crippen LogP contribution in [0, 0.1) is 13.8 Å². The van der Waals surface area contributed by atoms with E-state index in [0.29, 0.717) is 25.6 Å². The van der Waals surface area contributed by atoms with Crippen LogP contribution >= 0.6 is 0 Å². The van der Waals surface area contributed by atoms with Crippen LogP contribution in [0.5, 0.6) is 0 Å². The standard InChI is InChI=1S/C24H24N6O2/c1-16-4-6-18(7-5-16)12-30-17(2)10-22(26-30)21-11-19(29-15-28(3)13-23(29)31)8-9-20(21)24-25-14-32-27-24/h4-11,14H,12-13,15H2,1-3H3. The van der Waals surface area contributed by atoms with Crippen LogP contribution in [0.1, 0.15) is 16.8 Å². The van der Waals surface area contributed by atoms with Crippen LogP contribution in [0.25, 0.3) is 22.6 Å². The molecule has 0 bridgehead atoms. The van der Waals surface area contributed by atoms with E-state index in [0.717, 1.165) is 28.2 Å². The van der Waals surface area contributed by atoms with E-state index in [2.05, 4.69) is 47.4 Å². The second kappa shape index (κ2) is 8.05. The topological polar surface area (TPSA) is 80.3 Å². The zero-order valence-corrected chi connectivity index (χ0v) is 18.3. The van der Waals surface area contributed by atoms with E-state index in [1.165, 1.54) is 17.5 Å². The van der Waals surface area contributed by atoms with Crippen molar-refractivity contribution in [3.8, 4) is 22.6 Å². The van der Waals surface area contributed by atoms with Crippen LogP contribution < -0.4 is 4.90 Å². The van der Waals surface area contributed by atoms with Gasteiger partial charge in [0.15, 0.2) is 0 Å². The lowest BCUT2D eigenvalue weighted by Gasteiger charge is -2.18. The van der Waals surface area contributed by atoms with Crippen molar-refractivity contribution in [3.63, 3.8) is 0 Å². The Morgan fingerprint density at radius 3 is 2.53 bits per heavy atom. The van der Waals surface area contributed by atoms with Gasteiger partial charge >= 0.3 is 0 Å². The molecule has 1 amide bonds. The first-order chi connectivity index (χ1) is 15.5. The fourth-order valence-corrected chi connectivity index (χ4v) is 3.98. The third-order valence-corrected chi connectivity index (χ3v) is 5.72. The Balaban J connectivity index is 1.56. The molecule has 162 valence electrons. The Morgan fingerprint density at radius 1 is 1.03 bits per heavy atom. The summed E-state index contributed by atoms with van der Waals surface area (Å²) in [6, 6.07) is 16.3. The molecule has 3 heterocycles. The highest BCUT2D eigenvalue weighted by Crippen LogP contribution is 2.34. The number of carbonyl (C=O) groups excluding carboxylic acids is 1. The van der Waals surface area contributed by atoms with Crippen molar-refractivity contribution in [3.05, 3.63) is 71.7 Å². The molecule has 0 atom stereocenters. The molecule has 8 nitrogen and oxygen atoms in total. The van der Waals surface area contributed by atoms with Gasteiger partial charge in [0.25, 0.3) is 0 Å². The highest BCUT2D eigenvalue weighted by molar-refractivity contribution is 5.98. The molecule has 1 saturated heterocycles. The molecule has 8 heteroatoms. The summed E-state index contributed by atoms with van der Waals surface area (Å²) in [7, 11) is 1.93. The van der Waals surface area contributed by atoms with E-state index in [1.807, 2.05) is 41.8 Å². The van der Waals surface area contributed by atoms with Gasteiger partial charge in [0.1, 0.15) is 0 Å². The van der Waals surface area contributed by atoms with Crippen molar-refractivity contribution >= 4 is 11.6 Å². The molecule has 1 aliphatic heterocycles. The molecule has 0 saturated carbocycles. The Morgan fingerprint density at radius 2 is 1.84 bits per heavy atom. The Bertz CT molecular complexity index is 1260. The minimum absolute atomic E-state index is 0.0758. The van der Waals surface area contributed by atoms with Crippen molar-refractivity contribution in [1.29, 1.82) is 0 Å². The van der Waals surface area contributed by atoms with Gasteiger partial charge in [-0.25, -0.2) is 0 Å². The number of anilines is 1. The molecule has 2 aromatic carbocycles. The van der Waals surface area contributed by atoms with Crippen LogP contribution in [0.2, 0.25) is 0 Å². The average Bonchev–Trinajstić information content (AvgIpc) is 3.50. The summed E-state index contributed by atoms with van der Waals surface area (Å²) in [5, 5.41) is 8.91. The normalized spacial score (nSPS) is 14.5. The Hall–Kier alpha value is -3.78. The van der Waals surface area contributed by atoms with Gasteiger partial charge in [-0.15, -0.1) is 0 Å². The molecular weight excluding hydrogens is 404 g/mol. The number of carbonyl (C=O) groups is 1. The number of aromatic nitrogens is 4. The summed E-state index contributed by atoms with van der Waals surface area (Å²) in [4.78, 5) is 20.4. The lowest BCUT2D eigenvalue weighted by molar-refractivity contribution is -0.116. The minimum Gasteiger partial charge on any atom is -0.342 e. The number of benzene rings is 2. The number of hydrogen-bond acceptors (Lipinski definition) is 6. The molecular formula is C24H24N6O2. The lowest BCUT2D eigenvalue weighted by atomic mass is 10.0. The molecule has 5 rings (SSSR count). The predicted molar refractivity (Wildman–Crippen MR) is 121 cm³/mol. The Kier molecular flexibility index (Phi) is 5.07. The molecule has 2 aromatic heterocycles. The van der Waals surface area contributed by atoms with E-state index >= 15 is 0 Å². The van der Waals surface area contributed by atoms with Crippen molar-refractivity contribution in [1.82, 2.24) is 24.8 Å². The molecule has 0 aliphatic carbocycles. The molecule has 0 unspecified atom stereocenters. The van der Waals surface area contributed by atoms with Gasteiger partial charge in [0.2, 0.25) is 18.1 Å². The summed E-state index contributed by atoms with van der Waals surface area (Å²) in [5.41, 5.74) is 6.76. The molecule has 32 heavy (non-hydrogen) atoms. The summed E-state index contributed by atoms with van der Waals surface area (Å²) in [5.74, 6) is 0.564. The van der Waals surface area contributed by atoms with Crippen LogP contribution in [-0.2, 0) is 11.3 Å². The van der Waals surface area contributed by atoms with Gasteiger partial charge in [0.05, 0.1) is 25.5 Å². The van der Waals surface area contributed by atoms with Crippen molar-refractivity contribution in [2.75, 3.05) is 25.2 Å². The number of aryl methyl sites for hydroxylation is 2. The average molecular weight is 428 g/mol. The largest absolute Gasteiger partial charge is 0.342 e. The highest BCUT2D eigenvalue weighted by Gasteiger charge is 2.27. The SMILES string of the molecule is Cc1ccc(Cn2nc(-c3cc(N4CN(C)CC4=O)ccc3-c3ncon3)cc2C)cc1. The summed E-state index contributed by atoms with van der Waals surface area (Å²) in [6.07, 6.45) is 1.31. The molecule has 0 radical (unpaired) electrons. The maximum atomic E-state index is 12.5. The predicted octanol–water partition coefficient (Wildman–Crippen LogP) is 3.50. The number of rotatable bonds is 5. The van der Waals surface area contributed by atoms with Crippen molar-refractivity contribution < 1.29 is 9.32 Å². The van der Waals surface area contributed by atoms with Crippen LogP contribution in [-0.4, -0.2) is 51.0 Å². The second-order valence-corrected chi connectivity index (χ2v) is 8.28. The van der Waals surface area contributed by atoms with Gasteiger partial charge in [-0.1, -0.05) is 35.0 Å². The Labute approximate surface area is 186 Å². The van der Waals surface area contributed by atoms with Gasteiger partial charge in [-0.05, 0) is 50.7 Å². The second-order valence-electron chi connectivity index (χ2n) is 8.28. The third kappa shape index (κ3) is 3.80. The summed E-state index contributed by atoms with van der Waals surface area (Å²) < 4.78 is 6.97. The zero-order chi connectivity index (χ0) is 22.2. The summed E-state index contributed by atoms with van der Waals surface area (Å²) >= 11 is 0. The first-order valence-corrected chi connectivity index (χ1v) is 10.5. The zero-order valence-electron chi connectivity index (χ0n) is 18.3. The minimum atomic E-state index is 0.0758. The maximum Gasteiger partial charge on any atom is 0.242 e. The van der Waals surface area contributed by atoms with Crippen molar-refractivity contribution in [2.24, 2.45) is 0 Å². The summed E-state index contributed by atoms with van der Waals surface area (Å²) in [6.45, 7) is 5.77. The fraction of sp³-hybridized carbons (Fsp3) is 0.250. The van der Waals surface area contributed by atoms with Gasteiger partial charge in [-0.3, -0.25) is 19.3 Å². The van der Waals surface area contributed by atoms with Crippen LogP contribution in [0.15, 0.2) is 59.4 Å². The maximum absolute atomic E-state index is 12.5. The van der Waals surface area contributed by atoms with Gasteiger partial charge in [-0.2, -0.15) is 10.1 Å². The molecule has 0 N–H and O–H groups in total. The number of amides is 1. The molecule has 4 aromatic rings. The first kappa shape index (κ1) is 20.1. The fourth-order valence-electron chi connectivity index (χ4n) is 3.98. The molecule has 1 aliphatic rings. The van der Waals surface area contributed by atoms with E-state index in [4.69, 9.17) is 9.62 Å². The third-order valence-electron chi connectivity index (χ3n) is 5.72. The smallest absolute Gasteiger partial charge is 0.242 e.